The first-order valence-corrected chi connectivity index (χ1v) is 16.9. The number of carbonyl (C=O) groups is 2. The molecule has 0 saturated heterocycles. The number of anilines is 2. The molecular formula is C33H44Cl2N4O8. The van der Waals surface area contributed by atoms with E-state index < -0.39 is 42.5 Å². The number of carbonyl (C=O) groups excluding carboxylic acids is 2. The molecule has 0 radical (unpaired) electrons. The molecule has 1 aliphatic heterocycles. The highest BCUT2D eigenvalue weighted by Gasteiger charge is 2.54. The second-order valence-corrected chi connectivity index (χ2v) is 13.5. The lowest BCUT2D eigenvalue weighted by molar-refractivity contribution is -0.124. The number of nitrogens with zero attached hydrogens (tertiary/aromatic N) is 2. The number of ether oxygens (including phenoxy) is 1. The van der Waals surface area contributed by atoms with E-state index >= 15 is 0 Å². The number of urea groups is 1. The molecule has 12 nitrogen and oxygen atoms in total. The number of para-hydroxylation sites is 2. The summed E-state index contributed by atoms with van der Waals surface area (Å²) in [6.07, 6.45) is -0.844. The van der Waals surface area contributed by atoms with Crippen LogP contribution in [0.1, 0.15) is 44.1 Å². The molecule has 0 aromatic heterocycles. The molecule has 2 aromatic rings. The first-order valence-electron chi connectivity index (χ1n) is 16.2. The van der Waals surface area contributed by atoms with Gasteiger partial charge in [0, 0.05) is 43.3 Å². The number of amides is 3. The summed E-state index contributed by atoms with van der Waals surface area (Å²) in [6.45, 7) is 0.888. The number of benzene rings is 2. The van der Waals surface area contributed by atoms with Gasteiger partial charge in [0.1, 0.15) is 30.7 Å². The van der Waals surface area contributed by atoms with E-state index in [1.807, 2.05) is 23.1 Å². The van der Waals surface area contributed by atoms with Crippen molar-refractivity contribution in [3.63, 3.8) is 0 Å². The molecule has 3 aliphatic rings. The molecule has 2 aliphatic carbocycles. The average Bonchev–Trinajstić information content (AvgIpc) is 4.02. The van der Waals surface area contributed by atoms with Crippen molar-refractivity contribution in [2.75, 3.05) is 49.2 Å². The highest BCUT2D eigenvalue weighted by Crippen LogP contribution is 2.50. The molecule has 0 bridgehead atoms. The van der Waals surface area contributed by atoms with Crippen molar-refractivity contribution in [3.05, 3.63) is 52.0 Å². The molecule has 47 heavy (non-hydrogen) atoms. The van der Waals surface area contributed by atoms with Crippen LogP contribution in [0.4, 0.5) is 16.2 Å². The summed E-state index contributed by atoms with van der Waals surface area (Å²) in [6, 6.07) is 11.6. The summed E-state index contributed by atoms with van der Waals surface area (Å²) in [7, 11) is 0. The van der Waals surface area contributed by atoms with Gasteiger partial charge in [-0.3, -0.25) is 4.79 Å². The Bertz CT molecular complexity index is 1410. The number of fused-ring (bicyclic) bond motifs is 1. The zero-order chi connectivity index (χ0) is 33.7. The van der Waals surface area contributed by atoms with Gasteiger partial charge in [-0.15, -0.1) is 0 Å². The number of aliphatic hydroxyl groups excluding tert-OH is 5. The molecule has 5 rings (SSSR count). The third-order valence-corrected chi connectivity index (χ3v) is 9.79. The molecule has 1 heterocycles. The van der Waals surface area contributed by atoms with Gasteiger partial charge in [0.15, 0.2) is 0 Å². The van der Waals surface area contributed by atoms with Crippen molar-refractivity contribution in [1.29, 1.82) is 0 Å². The lowest BCUT2D eigenvalue weighted by Gasteiger charge is -2.39. The van der Waals surface area contributed by atoms with Crippen LogP contribution in [0.3, 0.4) is 0 Å². The lowest BCUT2D eigenvalue weighted by Crippen LogP contribution is -2.50. The average molecular weight is 696 g/mol. The van der Waals surface area contributed by atoms with Crippen LogP contribution in [-0.4, -0.2) is 107 Å². The van der Waals surface area contributed by atoms with Gasteiger partial charge in [0.05, 0.1) is 34.5 Å². The lowest BCUT2D eigenvalue weighted by atomic mass is 10.0. The fourth-order valence-corrected chi connectivity index (χ4v) is 6.38. The van der Waals surface area contributed by atoms with Gasteiger partial charge < -0.3 is 50.7 Å². The monoisotopic (exact) mass is 694 g/mol. The minimum atomic E-state index is -1.76. The third-order valence-electron chi connectivity index (χ3n) is 9.15. The number of unbranched alkanes of at least 4 members (excludes halogenated alkanes) is 1. The Morgan fingerprint density at radius 2 is 1.64 bits per heavy atom. The largest absolute Gasteiger partial charge is 0.491 e. The first kappa shape index (κ1) is 35.5. The Kier molecular flexibility index (Phi) is 11.8. The zero-order valence-corrected chi connectivity index (χ0v) is 27.7. The van der Waals surface area contributed by atoms with Crippen LogP contribution < -0.4 is 25.2 Å². The van der Waals surface area contributed by atoms with Crippen LogP contribution in [-0.2, 0) is 11.2 Å². The summed E-state index contributed by atoms with van der Waals surface area (Å²) >= 11 is 13.1. The molecule has 14 heteroatoms. The Balaban J connectivity index is 1.05. The molecule has 7 N–H and O–H groups in total. The van der Waals surface area contributed by atoms with Crippen molar-refractivity contribution < 1.29 is 39.9 Å². The van der Waals surface area contributed by atoms with Crippen molar-refractivity contribution in [2.24, 2.45) is 5.41 Å². The number of hydrogen-bond donors (Lipinski definition) is 7. The maximum Gasteiger partial charge on any atom is 0.314 e. The number of nitrogens with one attached hydrogen (secondary N) is 2. The molecular weight excluding hydrogens is 651 g/mol. The Morgan fingerprint density at radius 3 is 2.32 bits per heavy atom. The van der Waals surface area contributed by atoms with Crippen LogP contribution in [0.15, 0.2) is 36.4 Å². The number of hydrogen-bond acceptors (Lipinski definition) is 9. The standard InChI is InChI=1S/C33H44Cl2N4O8/c34-22-16-28(23(35)15-20(22)5-3-4-12-36-32(46)37-17-26(41)29(43)30(44)27(42)18-40)47-19-33(10-11-33)31(45)39-14-13-38(21-8-9-21)24-6-1-2-7-25(24)39/h1-2,6-7,15-16,21,26-27,29-30,40-44H,3-5,8-14,17-19H2,(H2,36,37,46)/t26-,27+,29+,30+/m0/s1. The van der Waals surface area contributed by atoms with E-state index in [2.05, 4.69) is 21.6 Å². The van der Waals surface area contributed by atoms with Gasteiger partial charge in [-0.1, -0.05) is 35.3 Å². The molecule has 258 valence electrons. The fourth-order valence-electron chi connectivity index (χ4n) is 5.89. The minimum Gasteiger partial charge on any atom is -0.491 e. The Morgan fingerprint density at radius 1 is 0.936 bits per heavy atom. The summed E-state index contributed by atoms with van der Waals surface area (Å²) in [5.41, 5.74) is 2.34. The normalized spacial score (nSPS) is 19.3. The number of aliphatic hydroxyl groups is 5. The molecule has 0 unspecified atom stereocenters. The molecule has 4 atom stereocenters. The van der Waals surface area contributed by atoms with Crippen LogP contribution in [0.2, 0.25) is 10.0 Å². The number of aryl methyl sites for hydroxylation is 1. The Labute approximate surface area is 284 Å². The maximum atomic E-state index is 13.8. The van der Waals surface area contributed by atoms with Crippen LogP contribution >= 0.6 is 23.2 Å². The van der Waals surface area contributed by atoms with E-state index in [1.165, 1.54) is 12.8 Å². The number of rotatable bonds is 16. The van der Waals surface area contributed by atoms with Crippen molar-refractivity contribution in [3.8, 4) is 5.75 Å². The van der Waals surface area contributed by atoms with E-state index in [0.717, 1.165) is 36.3 Å². The summed E-state index contributed by atoms with van der Waals surface area (Å²) in [5, 5.41) is 53.5. The van der Waals surface area contributed by atoms with Gasteiger partial charge in [-0.2, -0.15) is 0 Å². The van der Waals surface area contributed by atoms with Crippen LogP contribution in [0, 0.1) is 5.41 Å². The fraction of sp³-hybridized carbons (Fsp3) is 0.576. The Hall–Kier alpha value is -2.84. The summed E-state index contributed by atoms with van der Waals surface area (Å²) < 4.78 is 6.12. The van der Waals surface area contributed by atoms with Gasteiger partial charge >= 0.3 is 6.03 Å². The van der Waals surface area contributed by atoms with Crippen LogP contribution in [0.5, 0.6) is 5.75 Å². The third kappa shape index (κ3) is 8.61. The van der Waals surface area contributed by atoms with Crippen molar-refractivity contribution >= 4 is 46.5 Å². The van der Waals surface area contributed by atoms with Gasteiger partial charge in [0.2, 0.25) is 5.91 Å². The molecule has 2 saturated carbocycles. The molecule has 0 spiro atoms. The van der Waals surface area contributed by atoms with Gasteiger partial charge in [-0.05, 0) is 68.7 Å². The predicted molar refractivity (Wildman–Crippen MR) is 178 cm³/mol. The van der Waals surface area contributed by atoms with E-state index in [0.29, 0.717) is 54.2 Å². The summed E-state index contributed by atoms with van der Waals surface area (Å²) in [5.74, 6) is 0.523. The van der Waals surface area contributed by atoms with Crippen LogP contribution in [0.25, 0.3) is 0 Å². The SMILES string of the molecule is O=C(NCCCCc1cc(Cl)c(OCC2(C(=O)N3CCN(C4CC4)c4ccccc43)CC2)cc1Cl)NC[C@H](O)[C@@H](O)[C@H](O)[C@H](O)CO. The van der Waals surface area contributed by atoms with E-state index in [4.69, 9.17) is 33.0 Å². The summed E-state index contributed by atoms with van der Waals surface area (Å²) in [4.78, 5) is 30.2. The first-order chi connectivity index (χ1) is 22.5. The second kappa shape index (κ2) is 15.6. The van der Waals surface area contributed by atoms with Gasteiger partial charge in [0.25, 0.3) is 0 Å². The zero-order valence-electron chi connectivity index (χ0n) is 26.2. The highest BCUT2D eigenvalue weighted by atomic mass is 35.5. The van der Waals surface area contributed by atoms with E-state index in [1.54, 1.807) is 12.1 Å². The molecule has 2 aromatic carbocycles. The van der Waals surface area contributed by atoms with E-state index in [-0.39, 0.29) is 19.1 Å². The quantitative estimate of drug-likeness (QED) is 0.130. The maximum absolute atomic E-state index is 13.8. The van der Waals surface area contributed by atoms with Crippen molar-refractivity contribution in [1.82, 2.24) is 10.6 Å². The predicted octanol–water partition coefficient (Wildman–Crippen LogP) is 2.23. The van der Waals surface area contributed by atoms with Crippen molar-refractivity contribution in [2.45, 2.75) is 75.4 Å². The smallest absolute Gasteiger partial charge is 0.314 e. The second-order valence-electron chi connectivity index (χ2n) is 12.7. The number of halogens is 2. The molecule has 3 amide bonds. The molecule has 2 fully saturated rings. The topological polar surface area (TPSA) is 175 Å². The van der Waals surface area contributed by atoms with Gasteiger partial charge in [-0.25, -0.2) is 4.79 Å². The minimum absolute atomic E-state index is 0.0898. The highest BCUT2D eigenvalue weighted by molar-refractivity contribution is 6.34. The van der Waals surface area contributed by atoms with E-state index in [9.17, 15) is 30.0 Å².